The molecule has 7 nitrogen and oxygen atoms in total. The molecule has 3 aromatic rings. The highest BCUT2D eigenvalue weighted by atomic mass is 19.4. The monoisotopic (exact) mass is 378 g/mol. The van der Waals surface area contributed by atoms with Gasteiger partial charge in [0.25, 0.3) is 5.69 Å². The summed E-state index contributed by atoms with van der Waals surface area (Å²) in [6.45, 7) is 2.26. The Labute approximate surface area is 150 Å². The molecule has 0 atom stereocenters. The van der Waals surface area contributed by atoms with E-state index in [2.05, 4.69) is 10.2 Å². The molecule has 1 N–H and O–H groups in total. The van der Waals surface area contributed by atoms with Crippen molar-refractivity contribution in [2.75, 3.05) is 0 Å². The van der Waals surface area contributed by atoms with Crippen LogP contribution in [-0.4, -0.2) is 14.6 Å². The van der Waals surface area contributed by atoms with E-state index in [1.54, 1.807) is 28.8 Å². The molecular formula is C17H13F3N4O3. The maximum Gasteiger partial charge on any atom is 0.416 e. The quantitative estimate of drug-likeness (QED) is 0.358. The molecule has 140 valence electrons. The Morgan fingerprint density at radius 3 is 2.52 bits per heavy atom. The number of aryl methyl sites for hydroxylation is 1. The summed E-state index contributed by atoms with van der Waals surface area (Å²) in [6.07, 6.45) is -4.72. The topological polar surface area (TPSA) is 93.0 Å². The molecule has 1 aromatic heterocycles. The molecule has 0 aliphatic heterocycles. The lowest BCUT2D eigenvalue weighted by Gasteiger charge is -2.06. The number of hydrogen-bond donors (Lipinski definition) is 1. The number of benzene rings is 2. The van der Waals surface area contributed by atoms with E-state index >= 15 is 0 Å². The summed E-state index contributed by atoms with van der Waals surface area (Å²) in [4.78, 5) is 10.2. The van der Waals surface area contributed by atoms with E-state index in [0.29, 0.717) is 29.6 Å². The maximum absolute atomic E-state index is 12.8. The Bertz CT molecular complexity index is 1060. The van der Waals surface area contributed by atoms with Crippen LogP contribution in [0, 0.1) is 10.1 Å². The third kappa shape index (κ3) is 3.33. The first kappa shape index (κ1) is 18.4. The fourth-order valence-corrected chi connectivity index (χ4v) is 2.72. The molecule has 0 fully saturated rings. The van der Waals surface area contributed by atoms with Crippen molar-refractivity contribution < 1.29 is 23.2 Å². The molecule has 2 aromatic carbocycles. The van der Waals surface area contributed by atoms with Crippen LogP contribution in [0.3, 0.4) is 0 Å². The number of alkyl halides is 3. The maximum atomic E-state index is 12.8. The van der Waals surface area contributed by atoms with E-state index in [1.807, 2.05) is 6.92 Å². The molecule has 0 aliphatic rings. The van der Waals surface area contributed by atoms with Gasteiger partial charge in [0, 0.05) is 18.0 Å². The molecule has 0 unspecified atom stereocenters. The van der Waals surface area contributed by atoms with Gasteiger partial charge in [-0.05, 0) is 25.1 Å². The first-order valence-corrected chi connectivity index (χ1v) is 7.81. The van der Waals surface area contributed by atoms with Crippen LogP contribution in [0.1, 0.15) is 12.5 Å². The van der Waals surface area contributed by atoms with Gasteiger partial charge < -0.3 is 9.67 Å². The van der Waals surface area contributed by atoms with Crippen molar-refractivity contribution >= 4 is 28.0 Å². The summed E-state index contributed by atoms with van der Waals surface area (Å²) < 4.78 is 39.9. The molecule has 0 radical (unpaired) electrons. The van der Waals surface area contributed by atoms with Crippen LogP contribution in [0.2, 0.25) is 0 Å². The number of rotatable bonds is 4. The fourth-order valence-electron chi connectivity index (χ4n) is 2.72. The normalized spacial score (nSPS) is 12.1. The number of nitro groups is 1. The smallest absolute Gasteiger partial charge is 0.416 e. The Kier molecular flexibility index (Phi) is 4.56. The molecular weight excluding hydrogens is 365 g/mol. The van der Waals surface area contributed by atoms with E-state index in [1.165, 1.54) is 0 Å². The van der Waals surface area contributed by atoms with Gasteiger partial charge in [-0.3, -0.25) is 10.1 Å². The van der Waals surface area contributed by atoms with Crippen LogP contribution in [-0.2, 0) is 12.7 Å². The van der Waals surface area contributed by atoms with Crippen molar-refractivity contribution in [3.63, 3.8) is 0 Å². The van der Waals surface area contributed by atoms with Gasteiger partial charge in [0.1, 0.15) is 0 Å². The van der Waals surface area contributed by atoms with Crippen LogP contribution in [0.4, 0.5) is 30.2 Å². The minimum Gasteiger partial charge on any atom is -0.493 e. The van der Waals surface area contributed by atoms with E-state index in [9.17, 15) is 28.4 Å². The number of halogens is 3. The van der Waals surface area contributed by atoms with Crippen molar-refractivity contribution in [3.05, 3.63) is 58.1 Å². The predicted octanol–water partition coefficient (Wildman–Crippen LogP) is 5.71. The molecule has 0 bridgehead atoms. The Hall–Kier alpha value is -3.43. The Morgan fingerprint density at radius 1 is 1.19 bits per heavy atom. The number of para-hydroxylation sites is 1. The highest BCUT2D eigenvalue weighted by Gasteiger charge is 2.33. The lowest BCUT2D eigenvalue weighted by Crippen LogP contribution is -2.05. The number of fused-ring (bicyclic) bond motifs is 1. The number of azo groups is 1. The number of nitrogens with zero attached hydrogens (tertiary/aromatic N) is 4. The molecule has 0 saturated carbocycles. The second kappa shape index (κ2) is 6.71. The fraction of sp³-hybridized carbons (Fsp3) is 0.176. The lowest BCUT2D eigenvalue weighted by molar-refractivity contribution is -0.384. The zero-order valence-corrected chi connectivity index (χ0v) is 13.9. The molecule has 27 heavy (non-hydrogen) atoms. The van der Waals surface area contributed by atoms with Gasteiger partial charge in [-0.15, -0.1) is 10.2 Å². The van der Waals surface area contributed by atoms with Crippen molar-refractivity contribution in [1.29, 1.82) is 0 Å². The number of nitro benzene ring substituents is 1. The molecule has 0 saturated heterocycles. The third-order valence-corrected chi connectivity index (χ3v) is 3.99. The second-order valence-corrected chi connectivity index (χ2v) is 5.59. The van der Waals surface area contributed by atoms with Gasteiger partial charge in [-0.2, -0.15) is 13.2 Å². The average molecular weight is 378 g/mol. The number of aromatic hydroxyl groups is 1. The molecule has 3 rings (SSSR count). The lowest BCUT2D eigenvalue weighted by atomic mass is 10.1. The molecule has 0 amide bonds. The summed E-state index contributed by atoms with van der Waals surface area (Å²) in [7, 11) is 0. The van der Waals surface area contributed by atoms with E-state index < -0.39 is 22.4 Å². The van der Waals surface area contributed by atoms with Crippen LogP contribution in [0.25, 0.3) is 10.9 Å². The van der Waals surface area contributed by atoms with Crippen LogP contribution in [0.15, 0.2) is 52.7 Å². The molecule has 0 spiro atoms. The predicted molar refractivity (Wildman–Crippen MR) is 91.6 cm³/mol. The first-order chi connectivity index (χ1) is 12.7. The van der Waals surface area contributed by atoms with Crippen molar-refractivity contribution in [3.8, 4) is 5.88 Å². The Balaban J connectivity index is 2.11. The summed E-state index contributed by atoms with van der Waals surface area (Å²) in [5.41, 5.74) is -1.55. The van der Waals surface area contributed by atoms with Gasteiger partial charge in [-0.25, -0.2) is 0 Å². The van der Waals surface area contributed by atoms with Gasteiger partial charge in [0.05, 0.1) is 16.0 Å². The highest BCUT2D eigenvalue weighted by Crippen LogP contribution is 2.41. The van der Waals surface area contributed by atoms with Crippen LogP contribution < -0.4 is 0 Å². The number of aromatic nitrogens is 1. The molecule has 1 heterocycles. The van der Waals surface area contributed by atoms with Crippen molar-refractivity contribution in [1.82, 2.24) is 4.57 Å². The zero-order valence-electron chi connectivity index (χ0n) is 13.9. The number of hydrogen-bond acceptors (Lipinski definition) is 5. The average Bonchev–Trinajstić information content (AvgIpc) is 2.89. The van der Waals surface area contributed by atoms with Crippen molar-refractivity contribution in [2.45, 2.75) is 19.6 Å². The van der Waals surface area contributed by atoms with Gasteiger partial charge in [-0.1, -0.05) is 18.2 Å². The summed E-state index contributed by atoms with van der Waals surface area (Å²) in [5, 5.41) is 29.6. The molecule has 0 aliphatic carbocycles. The van der Waals surface area contributed by atoms with Crippen LogP contribution >= 0.6 is 0 Å². The van der Waals surface area contributed by atoms with Crippen molar-refractivity contribution in [2.24, 2.45) is 10.2 Å². The highest BCUT2D eigenvalue weighted by molar-refractivity contribution is 5.95. The summed E-state index contributed by atoms with van der Waals surface area (Å²) >= 11 is 0. The second-order valence-electron chi connectivity index (χ2n) is 5.59. The first-order valence-electron chi connectivity index (χ1n) is 7.81. The summed E-state index contributed by atoms with van der Waals surface area (Å²) in [6, 6.07) is 8.92. The standard InChI is InChI=1S/C17H13F3N4O3/c1-2-23-13-6-4-3-5-11(13)15(16(23)25)22-21-12-8-7-10(17(18,19)20)9-14(12)24(26)27/h3-9,25H,2H2,1H3. The Morgan fingerprint density at radius 2 is 1.89 bits per heavy atom. The summed E-state index contributed by atoms with van der Waals surface area (Å²) in [5.74, 6) is -0.183. The van der Waals surface area contributed by atoms with Crippen LogP contribution in [0.5, 0.6) is 5.88 Å². The third-order valence-electron chi connectivity index (χ3n) is 3.99. The van der Waals surface area contributed by atoms with E-state index in [-0.39, 0.29) is 17.3 Å². The SMILES string of the molecule is CCn1c(O)c(N=Nc2ccc(C(F)(F)F)cc2[N+](=O)[O-])c2ccccc21. The van der Waals surface area contributed by atoms with E-state index in [4.69, 9.17) is 0 Å². The largest absolute Gasteiger partial charge is 0.493 e. The molecule has 10 heteroatoms. The van der Waals surface area contributed by atoms with Gasteiger partial charge in [0.2, 0.25) is 5.88 Å². The van der Waals surface area contributed by atoms with Gasteiger partial charge >= 0.3 is 6.18 Å². The minimum absolute atomic E-state index is 0.0849. The van der Waals surface area contributed by atoms with Gasteiger partial charge in [0.15, 0.2) is 11.4 Å². The van der Waals surface area contributed by atoms with E-state index in [0.717, 1.165) is 6.07 Å². The minimum atomic E-state index is -4.72. The zero-order chi connectivity index (χ0) is 19.8.